The highest BCUT2D eigenvalue weighted by Crippen LogP contribution is 2.17. The molecule has 0 saturated carbocycles. The molecule has 5 nitrogen and oxygen atoms in total. The zero-order valence-electron chi connectivity index (χ0n) is 12.9. The van der Waals surface area contributed by atoms with Crippen LogP contribution in [0.5, 0.6) is 0 Å². The first-order valence-electron chi connectivity index (χ1n) is 6.78. The molecule has 6 heteroatoms. The first kappa shape index (κ1) is 15.7. The lowest BCUT2D eigenvalue weighted by Gasteiger charge is -2.17. The van der Waals surface area contributed by atoms with E-state index in [1.54, 1.807) is 11.7 Å². The van der Waals surface area contributed by atoms with Crippen LogP contribution in [0, 0.1) is 13.8 Å². The number of nitrogens with zero attached hydrogens (tertiary/aromatic N) is 3. The lowest BCUT2D eigenvalue weighted by atomic mass is 10.2. The van der Waals surface area contributed by atoms with Crippen LogP contribution in [0.25, 0.3) is 0 Å². The second-order valence-corrected chi connectivity index (χ2v) is 7.35. The third kappa shape index (κ3) is 3.51. The van der Waals surface area contributed by atoms with Crippen LogP contribution in [-0.2, 0) is 29.4 Å². The first-order valence-corrected chi connectivity index (χ1v) is 8.39. The topological polar surface area (TPSA) is 55.2 Å². The maximum absolute atomic E-state index is 12.4. The van der Waals surface area contributed by atoms with Gasteiger partial charge < -0.3 is 0 Å². The van der Waals surface area contributed by atoms with Gasteiger partial charge in [0.1, 0.15) is 0 Å². The first-order chi connectivity index (χ1) is 9.81. The molecule has 0 atom stereocenters. The predicted octanol–water partition coefficient (Wildman–Crippen LogP) is 2.00. The number of aryl methyl sites for hydroxylation is 2. The standard InChI is InChI=1S/C15H21N3O2S/c1-12-15(13(2)18(4)16-12)10-17(3)21(19,20)11-14-8-6-5-7-9-14/h5-9H,10-11H2,1-4H3. The number of hydrogen-bond acceptors (Lipinski definition) is 3. The largest absolute Gasteiger partial charge is 0.272 e. The normalized spacial score (nSPS) is 12.0. The van der Waals surface area contributed by atoms with Crippen molar-refractivity contribution in [3.05, 3.63) is 52.8 Å². The van der Waals surface area contributed by atoms with Gasteiger partial charge in [-0.1, -0.05) is 30.3 Å². The van der Waals surface area contributed by atoms with E-state index in [-0.39, 0.29) is 5.75 Å². The Bertz CT molecular complexity index is 721. The van der Waals surface area contributed by atoms with Crippen molar-refractivity contribution in [2.75, 3.05) is 7.05 Å². The van der Waals surface area contributed by atoms with Gasteiger partial charge in [0.2, 0.25) is 10.0 Å². The highest BCUT2D eigenvalue weighted by molar-refractivity contribution is 7.88. The molecule has 1 aromatic heterocycles. The van der Waals surface area contributed by atoms with Gasteiger partial charge in [-0.3, -0.25) is 4.68 Å². The quantitative estimate of drug-likeness (QED) is 0.849. The van der Waals surface area contributed by atoms with Gasteiger partial charge in [0, 0.05) is 31.9 Å². The Hall–Kier alpha value is -1.66. The molecule has 0 aliphatic carbocycles. The van der Waals surface area contributed by atoms with E-state index in [1.165, 1.54) is 4.31 Å². The average Bonchev–Trinajstić information content (AvgIpc) is 2.66. The molecule has 0 aliphatic heterocycles. The summed E-state index contributed by atoms with van der Waals surface area (Å²) >= 11 is 0. The molecule has 0 saturated heterocycles. The van der Waals surface area contributed by atoms with E-state index in [9.17, 15) is 8.42 Å². The van der Waals surface area contributed by atoms with Gasteiger partial charge in [-0.25, -0.2) is 12.7 Å². The molecule has 0 spiro atoms. The number of hydrogen-bond donors (Lipinski definition) is 0. The van der Waals surface area contributed by atoms with E-state index >= 15 is 0 Å². The van der Waals surface area contributed by atoms with Crippen molar-refractivity contribution >= 4 is 10.0 Å². The second kappa shape index (κ2) is 5.99. The van der Waals surface area contributed by atoms with Gasteiger partial charge in [0.05, 0.1) is 11.4 Å². The smallest absolute Gasteiger partial charge is 0.218 e. The third-order valence-electron chi connectivity index (χ3n) is 3.71. The van der Waals surface area contributed by atoms with Crippen molar-refractivity contribution in [1.29, 1.82) is 0 Å². The molecule has 0 unspecified atom stereocenters. The minimum absolute atomic E-state index is 0.0166. The Morgan fingerprint density at radius 3 is 2.33 bits per heavy atom. The molecule has 1 aromatic carbocycles. The average molecular weight is 307 g/mol. The predicted molar refractivity (Wildman–Crippen MR) is 83.2 cm³/mol. The summed E-state index contributed by atoms with van der Waals surface area (Å²) in [5.74, 6) is 0.0166. The van der Waals surface area contributed by atoms with Crippen LogP contribution >= 0.6 is 0 Å². The summed E-state index contributed by atoms with van der Waals surface area (Å²) in [7, 11) is 0.141. The molecule has 21 heavy (non-hydrogen) atoms. The van der Waals surface area contributed by atoms with Crippen molar-refractivity contribution in [3.8, 4) is 0 Å². The van der Waals surface area contributed by atoms with Crippen LogP contribution in [-0.4, -0.2) is 29.6 Å². The van der Waals surface area contributed by atoms with Crippen molar-refractivity contribution in [2.24, 2.45) is 7.05 Å². The summed E-state index contributed by atoms with van der Waals surface area (Å²) in [4.78, 5) is 0. The molecule has 2 aromatic rings. The van der Waals surface area contributed by atoms with E-state index in [4.69, 9.17) is 0 Å². The van der Waals surface area contributed by atoms with Crippen LogP contribution in [0.15, 0.2) is 30.3 Å². The van der Waals surface area contributed by atoms with E-state index in [1.807, 2.05) is 51.2 Å². The highest BCUT2D eigenvalue weighted by atomic mass is 32.2. The van der Waals surface area contributed by atoms with Gasteiger partial charge in [-0.15, -0.1) is 0 Å². The molecule has 114 valence electrons. The van der Waals surface area contributed by atoms with Crippen molar-refractivity contribution in [1.82, 2.24) is 14.1 Å². The van der Waals surface area contributed by atoms with Crippen molar-refractivity contribution in [2.45, 2.75) is 26.1 Å². The van der Waals surface area contributed by atoms with Gasteiger partial charge >= 0.3 is 0 Å². The zero-order valence-corrected chi connectivity index (χ0v) is 13.7. The van der Waals surface area contributed by atoms with Crippen molar-refractivity contribution < 1.29 is 8.42 Å². The molecule has 0 N–H and O–H groups in total. The minimum Gasteiger partial charge on any atom is -0.272 e. The Morgan fingerprint density at radius 1 is 1.19 bits per heavy atom. The monoisotopic (exact) mass is 307 g/mol. The van der Waals surface area contributed by atoms with Gasteiger partial charge in [0.25, 0.3) is 0 Å². The van der Waals surface area contributed by atoms with Crippen LogP contribution in [0.4, 0.5) is 0 Å². The van der Waals surface area contributed by atoms with Crippen molar-refractivity contribution in [3.63, 3.8) is 0 Å². The van der Waals surface area contributed by atoms with E-state index in [0.29, 0.717) is 6.54 Å². The highest BCUT2D eigenvalue weighted by Gasteiger charge is 2.21. The number of sulfonamides is 1. The molecule has 0 aliphatic rings. The third-order valence-corrected chi connectivity index (χ3v) is 5.48. The number of benzene rings is 1. The molecule has 0 fully saturated rings. The zero-order chi connectivity index (χ0) is 15.6. The molecule has 2 rings (SSSR count). The maximum Gasteiger partial charge on any atom is 0.218 e. The summed E-state index contributed by atoms with van der Waals surface area (Å²) in [6, 6.07) is 9.22. The summed E-state index contributed by atoms with van der Waals surface area (Å²) < 4.78 is 28.0. The summed E-state index contributed by atoms with van der Waals surface area (Å²) in [5.41, 5.74) is 3.63. The second-order valence-electron chi connectivity index (χ2n) is 5.27. The van der Waals surface area contributed by atoms with E-state index in [0.717, 1.165) is 22.5 Å². The summed E-state index contributed by atoms with van der Waals surface area (Å²) in [6.45, 7) is 4.20. The minimum atomic E-state index is -3.34. The van der Waals surface area contributed by atoms with Crippen LogP contribution in [0.2, 0.25) is 0 Å². The Balaban J connectivity index is 2.17. The van der Waals surface area contributed by atoms with Crippen LogP contribution < -0.4 is 0 Å². The van der Waals surface area contributed by atoms with Gasteiger partial charge in [-0.05, 0) is 19.4 Å². The van der Waals surface area contributed by atoms with Gasteiger partial charge in [-0.2, -0.15) is 5.10 Å². The summed E-state index contributed by atoms with van der Waals surface area (Å²) in [6.07, 6.45) is 0. The SMILES string of the molecule is Cc1nn(C)c(C)c1CN(C)S(=O)(=O)Cc1ccccc1. The molecule has 0 bridgehead atoms. The maximum atomic E-state index is 12.4. The molecule has 1 heterocycles. The fraction of sp³-hybridized carbons (Fsp3) is 0.400. The lowest BCUT2D eigenvalue weighted by molar-refractivity contribution is 0.464. The Labute approximate surface area is 126 Å². The van der Waals surface area contributed by atoms with Crippen LogP contribution in [0.3, 0.4) is 0 Å². The molecular formula is C15H21N3O2S. The summed E-state index contributed by atoms with van der Waals surface area (Å²) in [5, 5.41) is 4.32. The fourth-order valence-electron chi connectivity index (χ4n) is 2.26. The molecular weight excluding hydrogens is 286 g/mol. The molecule has 0 amide bonds. The Kier molecular flexibility index (Phi) is 4.49. The Morgan fingerprint density at radius 2 is 1.81 bits per heavy atom. The fourth-order valence-corrected chi connectivity index (χ4v) is 3.42. The number of aromatic nitrogens is 2. The van der Waals surface area contributed by atoms with Crippen LogP contribution in [0.1, 0.15) is 22.5 Å². The number of rotatable bonds is 5. The van der Waals surface area contributed by atoms with Gasteiger partial charge in [0.15, 0.2) is 0 Å². The molecule has 0 radical (unpaired) electrons. The van der Waals surface area contributed by atoms with E-state index in [2.05, 4.69) is 5.10 Å². The van der Waals surface area contributed by atoms with E-state index < -0.39 is 10.0 Å². The lowest BCUT2D eigenvalue weighted by Crippen LogP contribution is -2.28.